The summed E-state index contributed by atoms with van der Waals surface area (Å²) < 4.78 is 17.7. The van der Waals surface area contributed by atoms with Gasteiger partial charge in [-0.1, -0.05) is 0 Å². The normalized spacial score (nSPS) is 13.8. The van der Waals surface area contributed by atoms with Gasteiger partial charge in [0.05, 0.1) is 6.61 Å². The maximum absolute atomic E-state index is 12.8. The van der Waals surface area contributed by atoms with Crippen molar-refractivity contribution in [3.8, 4) is 0 Å². The van der Waals surface area contributed by atoms with Gasteiger partial charge in [0.1, 0.15) is 11.4 Å². The van der Waals surface area contributed by atoms with E-state index >= 15 is 0 Å². The summed E-state index contributed by atoms with van der Waals surface area (Å²) in [7, 11) is 1.79. The second-order valence-corrected chi connectivity index (χ2v) is 4.47. The number of nitrogens with two attached hydrogens (primary N) is 1. The predicted octanol–water partition coefficient (Wildman–Crippen LogP) is 1.54. The molecule has 0 spiro atoms. The van der Waals surface area contributed by atoms with E-state index in [-0.39, 0.29) is 12.4 Å². The van der Waals surface area contributed by atoms with Gasteiger partial charge in [-0.2, -0.15) is 0 Å². The van der Waals surface area contributed by atoms with Gasteiger partial charge in [-0.15, -0.1) is 0 Å². The highest BCUT2D eigenvalue weighted by Crippen LogP contribution is 2.16. The first-order valence-electron chi connectivity index (χ1n) is 5.79. The topological polar surface area (TPSA) is 55.6 Å². The van der Waals surface area contributed by atoms with Crippen molar-refractivity contribution >= 4 is 11.7 Å². The molecule has 2 N–H and O–H groups in total. The van der Waals surface area contributed by atoms with Gasteiger partial charge in [-0.25, -0.2) is 9.18 Å². The molecule has 1 unspecified atom stereocenters. The van der Waals surface area contributed by atoms with Crippen LogP contribution in [0, 0.1) is 5.82 Å². The van der Waals surface area contributed by atoms with Crippen LogP contribution in [0.25, 0.3) is 0 Å². The lowest BCUT2D eigenvalue weighted by Gasteiger charge is -2.29. The SMILES string of the molecule is CCOC(=O)C(C)(N)CN(C)c1ccc(F)cc1. The monoisotopic (exact) mass is 254 g/mol. The van der Waals surface area contributed by atoms with Gasteiger partial charge in [-0.3, -0.25) is 0 Å². The summed E-state index contributed by atoms with van der Waals surface area (Å²) >= 11 is 0. The summed E-state index contributed by atoms with van der Waals surface area (Å²) in [6.07, 6.45) is 0. The van der Waals surface area contributed by atoms with Crippen LogP contribution in [-0.2, 0) is 9.53 Å². The molecule has 0 fully saturated rings. The van der Waals surface area contributed by atoms with Crippen LogP contribution in [0.5, 0.6) is 0 Å². The second kappa shape index (κ2) is 5.82. The van der Waals surface area contributed by atoms with E-state index in [2.05, 4.69) is 0 Å². The second-order valence-electron chi connectivity index (χ2n) is 4.47. The van der Waals surface area contributed by atoms with Crippen LogP contribution >= 0.6 is 0 Å². The molecule has 0 radical (unpaired) electrons. The molecular formula is C13H19FN2O2. The third-order valence-corrected chi connectivity index (χ3v) is 2.57. The van der Waals surface area contributed by atoms with Crippen LogP contribution < -0.4 is 10.6 Å². The van der Waals surface area contributed by atoms with Crippen LogP contribution in [-0.4, -0.2) is 31.7 Å². The Labute approximate surface area is 107 Å². The van der Waals surface area contributed by atoms with Crippen LogP contribution in [0.1, 0.15) is 13.8 Å². The highest BCUT2D eigenvalue weighted by atomic mass is 19.1. The lowest BCUT2D eigenvalue weighted by atomic mass is 10.0. The number of rotatable bonds is 5. The maximum Gasteiger partial charge on any atom is 0.327 e. The number of halogens is 1. The fourth-order valence-corrected chi connectivity index (χ4v) is 1.64. The third kappa shape index (κ3) is 3.70. The Hall–Kier alpha value is -1.62. The number of hydrogen-bond acceptors (Lipinski definition) is 4. The Kier molecular flexibility index (Phi) is 4.67. The molecule has 0 aliphatic rings. The molecule has 5 heteroatoms. The maximum atomic E-state index is 12.8. The Morgan fingerprint density at radius 1 is 1.44 bits per heavy atom. The Morgan fingerprint density at radius 3 is 2.50 bits per heavy atom. The van der Waals surface area contributed by atoms with Crippen molar-refractivity contribution in [1.29, 1.82) is 0 Å². The minimum absolute atomic E-state index is 0.289. The molecule has 100 valence electrons. The summed E-state index contributed by atoms with van der Waals surface area (Å²) in [5, 5.41) is 0. The molecule has 0 saturated heterocycles. The Balaban J connectivity index is 2.71. The molecule has 0 bridgehead atoms. The summed E-state index contributed by atoms with van der Waals surface area (Å²) in [4.78, 5) is 13.4. The van der Waals surface area contributed by atoms with E-state index in [1.807, 2.05) is 0 Å². The third-order valence-electron chi connectivity index (χ3n) is 2.57. The van der Waals surface area contributed by atoms with E-state index in [0.29, 0.717) is 6.61 Å². The van der Waals surface area contributed by atoms with Gasteiger partial charge in [0, 0.05) is 19.3 Å². The molecule has 0 saturated carbocycles. The Bertz CT molecular complexity index is 404. The van der Waals surface area contributed by atoms with E-state index in [4.69, 9.17) is 10.5 Å². The number of carbonyl (C=O) groups excluding carboxylic acids is 1. The zero-order valence-electron chi connectivity index (χ0n) is 10.9. The van der Waals surface area contributed by atoms with Crippen molar-refractivity contribution in [2.24, 2.45) is 5.73 Å². The minimum atomic E-state index is -1.10. The molecule has 1 aromatic rings. The van der Waals surface area contributed by atoms with Gasteiger partial charge >= 0.3 is 5.97 Å². The number of benzene rings is 1. The van der Waals surface area contributed by atoms with Crippen molar-refractivity contribution in [1.82, 2.24) is 0 Å². The van der Waals surface area contributed by atoms with Gasteiger partial charge in [-0.05, 0) is 38.1 Å². The number of esters is 1. The number of nitrogens with zero attached hydrogens (tertiary/aromatic N) is 1. The molecule has 0 aromatic heterocycles. The predicted molar refractivity (Wildman–Crippen MR) is 68.9 cm³/mol. The molecular weight excluding hydrogens is 235 g/mol. The fourth-order valence-electron chi connectivity index (χ4n) is 1.64. The first kappa shape index (κ1) is 14.4. The van der Waals surface area contributed by atoms with E-state index in [1.54, 1.807) is 37.9 Å². The van der Waals surface area contributed by atoms with Gasteiger partial charge in [0.25, 0.3) is 0 Å². The minimum Gasteiger partial charge on any atom is -0.465 e. The molecule has 0 amide bonds. The number of anilines is 1. The smallest absolute Gasteiger partial charge is 0.327 e. The molecule has 4 nitrogen and oxygen atoms in total. The summed E-state index contributed by atoms with van der Waals surface area (Å²) in [6, 6.07) is 6.00. The number of ether oxygens (including phenoxy) is 1. The highest BCUT2D eigenvalue weighted by molar-refractivity contribution is 5.81. The van der Waals surface area contributed by atoms with Crippen LogP contribution in [0.2, 0.25) is 0 Å². The number of likely N-dealkylation sites (N-methyl/N-ethyl adjacent to an activating group) is 1. The van der Waals surface area contributed by atoms with Crippen molar-refractivity contribution in [2.75, 3.05) is 25.1 Å². The average Bonchev–Trinajstić information content (AvgIpc) is 2.29. The molecule has 0 heterocycles. The van der Waals surface area contributed by atoms with Gasteiger partial charge in [0.15, 0.2) is 0 Å². The first-order valence-corrected chi connectivity index (χ1v) is 5.79. The van der Waals surface area contributed by atoms with E-state index in [9.17, 15) is 9.18 Å². The Morgan fingerprint density at radius 2 is 2.00 bits per heavy atom. The van der Waals surface area contributed by atoms with Crippen molar-refractivity contribution < 1.29 is 13.9 Å². The molecule has 1 aromatic carbocycles. The number of hydrogen-bond donors (Lipinski definition) is 1. The first-order chi connectivity index (χ1) is 8.36. The van der Waals surface area contributed by atoms with Crippen molar-refractivity contribution in [3.63, 3.8) is 0 Å². The standard InChI is InChI=1S/C13H19FN2O2/c1-4-18-12(17)13(2,15)9-16(3)11-7-5-10(14)6-8-11/h5-8H,4,9,15H2,1-3H3. The van der Waals surface area contributed by atoms with E-state index < -0.39 is 11.5 Å². The summed E-state index contributed by atoms with van der Waals surface area (Å²) in [5.74, 6) is -0.744. The van der Waals surface area contributed by atoms with E-state index in [0.717, 1.165) is 5.69 Å². The van der Waals surface area contributed by atoms with Gasteiger partial charge < -0.3 is 15.4 Å². The summed E-state index contributed by atoms with van der Waals surface area (Å²) in [6.45, 7) is 3.94. The van der Waals surface area contributed by atoms with Gasteiger partial charge in [0.2, 0.25) is 0 Å². The van der Waals surface area contributed by atoms with Crippen LogP contribution in [0.15, 0.2) is 24.3 Å². The van der Waals surface area contributed by atoms with Crippen molar-refractivity contribution in [2.45, 2.75) is 19.4 Å². The zero-order chi connectivity index (χ0) is 13.8. The molecule has 0 aliphatic heterocycles. The number of carbonyl (C=O) groups is 1. The lowest BCUT2D eigenvalue weighted by molar-refractivity contribution is -0.148. The zero-order valence-corrected chi connectivity index (χ0v) is 10.9. The largest absolute Gasteiger partial charge is 0.465 e. The average molecular weight is 254 g/mol. The highest BCUT2D eigenvalue weighted by Gasteiger charge is 2.31. The molecule has 1 atom stereocenters. The fraction of sp³-hybridized carbons (Fsp3) is 0.462. The van der Waals surface area contributed by atoms with Crippen LogP contribution in [0.3, 0.4) is 0 Å². The lowest BCUT2D eigenvalue weighted by Crippen LogP contribution is -2.54. The molecule has 18 heavy (non-hydrogen) atoms. The van der Waals surface area contributed by atoms with E-state index in [1.165, 1.54) is 12.1 Å². The van der Waals surface area contributed by atoms with Crippen LogP contribution in [0.4, 0.5) is 10.1 Å². The van der Waals surface area contributed by atoms with Crippen molar-refractivity contribution in [3.05, 3.63) is 30.1 Å². The molecule has 1 rings (SSSR count). The molecule has 0 aliphatic carbocycles. The quantitative estimate of drug-likeness (QED) is 0.810. The summed E-state index contributed by atoms with van der Waals surface area (Å²) in [5.41, 5.74) is 5.62.